The van der Waals surface area contributed by atoms with E-state index in [4.69, 9.17) is 4.74 Å². The van der Waals surface area contributed by atoms with E-state index < -0.39 is 11.9 Å². The van der Waals surface area contributed by atoms with Crippen molar-refractivity contribution in [2.24, 2.45) is 11.8 Å². The van der Waals surface area contributed by atoms with Crippen LogP contribution in [0.5, 0.6) is 0 Å². The summed E-state index contributed by atoms with van der Waals surface area (Å²) in [5, 5.41) is 2.74. The van der Waals surface area contributed by atoms with E-state index in [0.29, 0.717) is 5.69 Å². The molecule has 1 aromatic carbocycles. The highest BCUT2D eigenvalue weighted by atomic mass is 16.5. The fourth-order valence-electron chi connectivity index (χ4n) is 4.72. The molecule has 2 fully saturated rings. The molecule has 1 saturated heterocycles. The zero-order valence-electron chi connectivity index (χ0n) is 16.4. The number of ether oxygens (including phenoxy) is 1. The summed E-state index contributed by atoms with van der Waals surface area (Å²) < 4.78 is 5.02. The molecule has 2 atom stereocenters. The van der Waals surface area contributed by atoms with E-state index in [1.807, 2.05) is 18.2 Å². The molecule has 1 heterocycles. The maximum Gasteiger partial charge on any atom is 0.308 e. The second-order valence-corrected chi connectivity index (χ2v) is 8.12. The van der Waals surface area contributed by atoms with Crippen molar-refractivity contribution < 1.29 is 23.9 Å². The van der Waals surface area contributed by atoms with Gasteiger partial charge < -0.3 is 10.1 Å². The van der Waals surface area contributed by atoms with Gasteiger partial charge in [-0.3, -0.25) is 24.1 Å². The maximum absolute atomic E-state index is 12.4. The van der Waals surface area contributed by atoms with Crippen LogP contribution in [0.4, 0.5) is 5.69 Å². The summed E-state index contributed by atoms with van der Waals surface area (Å²) in [6.45, 7) is -0.362. The lowest BCUT2D eigenvalue weighted by molar-refractivity contribution is -0.148. The molecular formula is C22H26N2O5. The second kappa shape index (κ2) is 8.35. The Morgan fingerprint density at radius 1 is 1.00 bits per heavy atom. The zero-order chi connectivity index (χ0) is 20.4. The first-order valence-electron chi connectivity index (χ1n) is 10.5. The number of imide groups is 1. The van der Waals surface area contributed by atoms with Crippen LogP contribution in [0.3, 0.4) is 0 Å². The Morgan fingerprint density at radius 3 is 2.41 bits per heavy atom. The van der Waals surface area contributed by atoms with Crippen molar-refractivity contribution in [2.75, 3.05) is 18.5 Å². The molecule has 154 valence electrons. The fourth-order valence-corrected chi connectivity index (χ4v) is 4.72. The number of aryl methyl sites for hydroxylation is 2. The number of likely N-dealkylation sites (tertiary alicyclic amines) is 1. The van der Waals surface area contributed by atoms with Crippen molar-refractivity contribution >= 4 is 29.4 Å². The van der Waals surface area contributed by atoms with Gasteiger partial charge in [-0.25, -0.2) is 0 Å². The van der Waals surface area contributed by atoms with E-state index in [9.17, 15) is 19.2 Å². The van der Waals surface area contributed by atoms with Crippen LogP contribution in [-0.4, -0.2) is 41.7 Å². The second-order valence-electron chi connectivity index (χ2n) is 8.12. The van der Waals surface area contributed by atoms with Crippen LogP contribution < -0.4 is 5.32 Å². The fraction of sp³-hybridized carbons (Fsp3) is 0.545. The largest absolute Gasteiger partial charge is 0.456 e. The third-order valence-corrected chi connectivity index (χ3v) is 6.22. The Labute approximate surface area is 169 Å². The molecule has 1 aromatic rings. The predicted molar refractivity (Wildman–Crippen MR) is 105 cm³/mol. The van der Waals surface area contributed by atoms with Crippen molar-refractivity contribution in [1.29, 1.82) is 0 Å². The Hall–Kier alpha value is -2.70. The Balaban J connectivity index is 1.21. The Morgan fingerprint density at radius 2 is 1.69 bits per heavy atom. The van der Waals surface area contributed by atoms with Gasteiger partial charge in [0.15, 0.2) is 6.61 Å². The number of nitrogens with one attached hydrogen (secondary N) is 1. The number of fused-ring (bicyclic) bond motifs is 2. The van der Waals surface area contributed by atoms with Crippen LogP contribution in [0.15, 0.2) is 18.2 Å². The number of carbonyl (C=O) groups is 4. The van der Waals surface area contributed by atoms with E-state index in [1.165, 1.54) is 16.0 Å². The first-order chi connectivity index (χ1) is 14.0. The van der Waals surface area contributed by atoms with E-state index >= 15 is 0 Å². The highest BCUT2D eigenvalue weighted by molar-refractivity contribution is 6.05. The number of benzene rings is 1. The Bertz CT molecular complexity index is 826. The number of nitrogens with zero attached hydrogens (tertiary/aromatic N) is 1. The predicted octanol–water partition coefficient (Wildman–Crippen LogP) is 2.22. The molecule has 0 unspecified atom stereocenters. The molecule has 3 aliphatic rings. The van der Waals surface area contributed by atoms with Crippen molar-refractivity contribution in [3.05, 3.63) is 29.3 Å². The molecule has 3 amide bonds. The first-order valence-corrected chi connectivity index (χ1v) is 10.5. The molecule has 1 saturated carbocycles. The lowest BCUT2D eigenvalue weighted by Gasteiger charge is -2.19. The third-order valence-electron chi connectivity index (χ3n) is 6.22. The minimum atomic E-state index is -0.593. The molecule has 7 heteroatoms. The summed E-state index contributed by atoms with van der Waals surface area (Å²) in [5.74, 6) is -1.76. The summed E-state index contributed by atoms with van der Waals surface area (Å²) in [4.78, 5) is 50.0. The monoisotopic (exact) mass is 398 g/mol. The normalized spacial score (nSPS) is 23.0. The number of esters is 1. The van der Waals surface area contributed by atoms with Gasteiger partial charge in [0.05, 0.1) is 18.3 Å². The summed E-state index contributed by atoms with van der Waals surface area (Å²) >= 11 is 0. The number of amides is 3. The summed E-state index contributed by atoms with van der Waals surface area (Å²) in [5.41, 5.74) is 3.27. The van der Waals surface area contributed by atoms with Crippen LogP contribution in [0, 0.1) is 11.8 Å². The molecule has 1 aliphatic heterocycles. The lowest BCUT2D eigenvalue weighted by Crippen LogP contribution is -2.33. The average Bonchev–Trinajstić information content (AvgIpc) is 3.28. The van der Waals surface area contributed by atoms with Gasteiger partial charge in [-0.2, -0.15) is 0 Å². The molecule has 0 spiro atoms. The van der Waals surface area contributed by atoms with E-state index in [1.54, 1.807) is 0 Å². The molecule has 0 radical (unpaired) electrons. The average molecular weight is 398 g/mol. The number of hydrogen-bond acceptors (Lipinski definition) is 5. The molecule has 7 nitrogen and oxygen atoms in total. The highest BCUT2D eigenvalue weighted by Crippen LogP contribution is 2.38. The van der Waals surface area contributed by atoms with Gasteiger partial charge in [0.25, 0.3) is 5.91 Å². The van der Waals surface area contributed by atoms with Crippen molar-refractivity contribution in [2.45, 2.75) is 51.4 Å². The lowest BCUT2D eigenvalue weighted by atomic mass is 9.81. The summed E-state index contributed by atoms with van der Waals surface area (Å²) in [6, 6.07) is 5.84. The van der Waals surface area contributed by atoms with Gasteiger partial charge >= 0.3 is 5.97 Å². The smallest absolute Gasteiger partial charge is 0.308 e. The van der Waals surface area contributed by atoms with Gasteiger partial charge in [0.1, 0.15) is 0 Å². The van der Waals surface area contributed by atoms with Crippen LogP contribution in [0.25, 0.3) is 0 Å². The molecular weight excluding hydrogens is 372 g/mol. The SMILES string of the molecule is O=C(COC(=O)CCN1C(=O)[C@@H]2CCCC[C@H]2C1=O)Nc1ccc2c(c1)CCC2. The third kappa shape index (κ3) is 4.18. The summed E-state index contributed by atoms with van der Waals surface area (Å²) in [6.07, 6.45) is 6.56. The number of anilines is 1. The van der Waals surface area contributed by atoms with Gasteiger partial charge in [-0.05, 0) is 55.4 Å². The van der Waals surface area contributed by atoms with Crippen LogP contribution in [-0.2, 0) is 36.8 Å². The van der Waals surface area contributed by atoms with E-state index in [-0.39, 0.29) is 43.2 Å². The molecule has 2 aliphatic carbocycles. The minimum Gasteiger partial charge on any atom is -0.456 e. The van der Waals surface area contributed by atoms with E-state index in [2.05, 4.69) is 5.32 Å². The molecule has 1 N–H and O–H groups in total. The van der Waals surface area contributed by atoms with Crippen LogP contribution in [0.1, 0.15) is 49.7 Å². The van der Waals surface area contributed by atoms with Gasteiger partial charge in [0.2, 0.25) is 11.8 Å². The Kier molecular flexibility index (Phi) is 5.65. The number of carbonyl (C=O) groups excluding carboxylic acids is 4. The number of hydrogen-bond donors (Lipinski definition) is 1. The molecule has 4 rings (SSSR count). The van der Waals surface area contributed by atoms with Gasteiger partial charge in [-0.1, -0.05) is 18.9 Å². The quantitative estimate of drug-likeness (QED) is 0.586. The van der Waals surface area contributed by atoms with Gasteiger partial charge in [-0.15, -0.1) is 0 Å². The number of rotatable bonds is 6. The highest BCUT2D eigenvalue weighted by Gasteiger charge is 2.47. The van der Waals surface area contributed by atoms with Crippen molar-refractivity contribution in [3.8, 4) is 0 Å². The van der Waals surface area contributed by atoms with Crippen LogP contribution >= 0.6 is 0 Å². The standard InChI is InChI=1S/C22H26N2O5/c25-19(23-16-9-8-14-4-3-5-15(14)12-16)13-29-20(26)10-11-24-21(27)17-6-1-2-7-18(17)22(24)28/h8-9,12,17-18H,1-7,10-11,13H2,(H,23,25)/t17-,18-/m1/s1. The van der Waals surface area contributed by atoms with Crippen LogP contribution in [0.2, 0.25) is 0 Å². The topological polar surface area (TPSA) is 92.8 Å². The molecule has 0 aromatic heterocycles. The summed E-state index contributed by atoms with van der Waals surface area (Å²) in [7, 11) is 0. The van der Waals surface area contributed by atoms with Gasteiger partial charge in [0, 0.05) is 12.2 Å². The first kappa shape index (κ1) is 19.6. The molecule has 29 heavy (non-hydrogen) atoms. The minimum absolute atomic E-state index is 0.0238. The van der Waals surface area contributed by atoms with Crippen molar-refractivity contribution in [1.82, 2.24) is 4.90 Å². The molecule has 0 bridgehead atoms. The van der Waals surface area contributed by atoms with Crippen molar-refractivity contribution in [3.63, 3.8) is 0 Å². The van der Waals surface area contributed by atoms with E-state index in [0.717, 1.165) is 44.9 Å². The maximum atomic E-state index is 12.4. The zero-order valence-corrected chi connectivity index (χ0v) is 16.4.